The Morgan fingerprint density at radius 1 is 1.30 bits per heavy atom. The van der Waals surface area contributed by atoms with Gasteiger partial charge in [0.25, 0.3) is 0 Å². The molecule has 2 aromatic rings. The van der Waals surface area contributed by atoms with Crippen molar-refractivity contribution in [2.45, 2.75) is 30.3 Å². The summed E-state index contributed by atoms with van der Waals surface area (Å²) in [5.74, 6) is 0.885. The number of nitrogens with one attached hydrogen (secondary N) is 2. The predicted molar refractivity (Wildman–Crippen MR) is 103 cm³/mol. The van der Waals surface area contributed by atoms with Crippen LogP contribution in [0.25, 0.3) is 0 Å². The number of methoxy groups -OCH3 is 3. The van der Waals surface area contributed by atoms with E-state index in [1.807, 2.05) is 0 Å². The Bertz CT molecular complexity index is 820. The number of aromatic amines is 1. The molecular formula is C17H24N4O5S. The van der Waals surface area contributed by atoms with Gasteiger partial charge in [-0.05, 0) is 25.5 Å². The Kier molecular flexibility index (Phi) is 7.74. The molecule has 0 fully saturated rings. The fraction of sp³-hybridized carbons (Fsp3) is 0.471. The zero-order valence-corrected chi connectivity index (χ0v) is 16.6. The third kappa shape index (κ3) is 5.51. The molecule has 0 saturated heterocycles. The summed E-state index contributed by atoms with van der Waals surface area (Å²) in [5.41, 5.74) is 0.283. The first-order valence-electron chi connectivity index (χ1n) is 8.33. The summed E-state index contributed by atoms with van der Waals surface area (Å²) < 4.78 is 16.9. The molecule has 1 heterocycles. The first-order chi connectivity index (χ1) is 13.0. The van der Waals surface area contributed by atoms with Crippen LogP contribution in [0.1, 0.15) is 13.3 Å². The van der Waals surface area contributed by atoms with Crippen molar-refractivity contribution >= 4 is 23.4 Å². The van der Waals surface area contributed by atoms with Crippen molar-refractivity contribution in [2.24, 2.45) is 0 Å². The number of thioether (sulfide) groups is 1. The van der Waals surface area contributed by atoms with E-state index in [0.717, 1.165) is 0 Å². The number of carbonyl (C=O) groups excluding carboxylic acids is 1. The van der Waals surface area contributed by atoms with E-state index in [2.05, 4.69) is 15.5 Å². The zero-order chi connectivity index (χ0) is 19.8. The van der Waals surface area contributed by atoms with Crippen molar-refractivity contribution < 1.29 is 19.0 Å². The number of rotatable bonds is 10. The topological polar surface area (TPSA) is 107 Å². The molecule has 9 nitrogen and oxygen atoms in total. The number of benzene rings is 1. The first-order valence-corrected chi connectivity index (χ1v) is 9.21. The summed E-state index contributed by atoms with van der Waals surface area (Å²) in [6.45, 7) is 2.76. The molecule has 1 atom stereocenters. The summed E-state index contributed by atoms with van der Waals surface area (Å²) in [4.78, 5) is 24.4. The number of aromatic nitrogens is 3. The van der Waals surface area contributed by atoms with Gasteiger partial charge in [0.05, 0.1) is 19.5 Å². The third-order valence-electron chi connectivity index (χ3n) is 3.76. The van der Waals surface area contributed by atoms with Crippen LogP contribution in [0.2, 0.25) is 0 Å². The van der Waals surface area contributed by atoms with E-state index in [4.69, 9.17) is 14.2 Å². The lowest BCUT2D eigenvalue weighted by molar-refractivity contribution is -0.115. The van der Waals surface area contributed by atoms with Crippen molar-refractivity contribution in [1.29, 1.82) is 0 Å². The van der Waals surface area contributed by atoms with Crippen molar-refractivity contribution in [3.05, 3.63) is 28.7 Å². The highest BCUT2D eigenvalue weighted by atomic mass is 32.2. The summed E-state index contributed by atoms with van der Waals surface area (Å²) in [7, 11) is 4.68. The molecule has 27 heavy (non-hydrogen) atoms. The number of ether oxygens (including phenoxy) is 3. The lowest BCUT2D eigenvalue weighted by Gasteiger charge is -2.14. The van der Waals surface area contributed by atoms with Gasteiger partial charge >= 0.3 is 5.69 Å². The van der Waals surface area contributed by atoms with Crippen LogP contribution in [0.5, 0.6) is 11.5 Å². The minimum Gasteiger partial charge on any atom is -0.493 e. The van der Waals surface area contributed by atoms with Gasteiger partial charge < -0.3 is 19.5 Å². The lowest BCUT2D eigenvalue weighted by Crippen LogP contribution is -2.24. The molecule has 2 N–H and O–H groups in total. The summed E-state index contributed by atoms with van der Waals surface area (Å²) in [6.07, 6.45) is 0.676. The fourth-order valence-electron chi connectivity index (χ4n) is 2.33. The minimum atomic E-state index is -0.463. The Morgan fingerprint density at radius 2 is 2.04 bits per heavy atom. The van der Waals surface area contributed by atoms with Gasteiger partial charge in [0.15, 0.2) is 16.7 Å². The number of hydrogen-bond acceptors (Lipinski definition) is 7. The quantitative estimate of drug-likeness (QED) is 0.465. The van der Waals surface area contributed by atoms with Crippen molar-refractivity contribution in [3.8, 4) is 11.5 Å². The van der Waals surface area contributed by atoms with Crippen LogP contribution in [-0.2, 0) is 16.1 Å². The maximum absolute atomic E-state index is 12.5. The van der Waals surface area contributed by atoms with Crippen LogP contribution in [0, 0.1) is 0 Å². The van der Waals surface area contributed by atoms with Crippen LogP contribution < -0.4 is 20.5 Å². The summed E-state index contributed by atoms with van der Waals surface area (Å²) >= 11 is 1.21. The van der Waals surface area contributed by atoms with Gasteiger partial charge in [0.2, 0.25) is 5.91 Å². The Morgan fingerprint density at radius 3 is 2.70 bits per heavy atom. The molecule has 0 radical (unpaired) electrons. The number of hydrogen-bond donors (Lipinski definition) is 2. The molecular weight excluding hydrogens is 372 g/mol. The molecule has 0 spiro atoms. The van der Waals surface area contributed by atoms with E-state index in [9.17, 15) is 9.59 Å². The zero-order valence-electron chi connectivity index (χ0n) is 15.8. The second-order valence-corrected chi connectivity index (χ2v) is 6.94. The number of nitrogens with zero attached hydrogens (tertiary/aromatic N) is 2. The van der Waals surface area contributed by atoms with Crippen LogP contribution in [0.4, 0.5) is 5.69 Å². The van der Waals surface area contributed by atoms with Crippen molar-refractivity contribution in [2.75, 3.05) is 33.3 Å². The Labute approximate surface area is 161 Å². The van der Waals surface area contributed by atoms with Gasteiger partial charge in [-0.3, -0.25) is 9.36 Å². The first kappa shape index (κ1) is 20.8. The van der Waals surface area contributed by atoms with Gasteiger partial charge in [-0.2, -0.15) is 0 Å². The third-order valence-corrected chi connectivity index (χ3v) is 4.85. The standard InChI is InChI=1S/C17H24N4O5S/c1-11(27-17-20-19-16(23)21(17)8-5-9-24-2)15(22)18-12-6-7-13(25-3)14(10-12)26-4/h6-7,10-11H,5,8-9H2,1-4H3,(H,18,22)(H,19,23)/t11-/m0/s1. The largest absolute Gasteiger partial charge is 0.493 e. The molecule has 0 aliphatic heterocycles. The van der Waals surface area contributed by atoms with Gasteiger partial charge in [0.1, 0.15) is 0 Å². The number of anilines is 1. The van der Waals surface area contributed by atoms with Gasteiger partial charge in [-0.15, -0.1) is 5.10 Å². The minimum absolute atomic E-state index is 0.217. The second kappa shape index (κ2) is 10.0. The van der Waals surface area contributed by atoms with Gasteiger partial charge in [-0.1, -0.05) is 11.8 Å². The number of carbonyl (C=O) groups is 1. The van der Waals surface area contributed by atoms with Crippen LogP contribution in [0.15, 0.2) is 28.2 Å². The molecule has 1 amide bonds. The van der Waals surface area contributed by atoms with E-state index in [0.29, 0.717) is 41.9 Å². The van der Waals surface area contributed by atoms with E-state index in [1.54, 1.807) is 39.3 Å². The maximum Gasteiger partial charge on any atom is 0.343 e. The number of amides is 1. The van der Waals surface area contributed by atoms with Crippen LogP contribution >= 0.6 is 11.8 Å². The highest BCUT2D eigenvalue weighted by molar-refractivity contribution is 8.00. The van der Waals surface area contributed by atoms with E-state index in [-0.39, 0.29) is 11.6 Å². The molecule has 2 rings (SSSR count). The molecule has 148 valence electrons. The SMILES string of the molecule is COCCCn1c(S[C@@H](C)C(=O)Nc2ccc(OC)c(OC)c2)n[nH]c1=O. The molecule has 10 heteroatoms. The van der Waals surface area contributed by atoms with E-state index < -0.39 is 5.25 Å². The molecule has 0 aliphatic carbocycles. The molecule has 0 unspecified atom stereocenters. The fourth-order valence-corrected chi connectivity index (χ4v) is 3.21. The predicted octanol–water partition coefficient (Wildman–Crippen LogP) is 1.74. The molecule has 1 aromatic carbocycles. The summed E-state index contributed by atoms with van der Waals surface area (Å²) in [5, 5.41) is 9.25. The number of H-pyrrole nitrogens is 1. The van der Waals surface area contributed by atoms with Gasteiger partial charge in [0, 0.05) is 32.0 Å². The second-order valence-electron chi connectivity index (χ2n) is 5.63. The summed E-state index contributed by atoms with van der Waals surface area (Å²) in [6, 6.07) is 5.13. The Balaban J connectivity index is 2.03. The molecule has 0 saturated carbocycles. The average Bonchev–Trinajstić information content (AvgIpc) is 3.01. The van der Waals surface area contributed by atoms with Crippen molar-refractivity contribution in [3.63, 3.8) is 0 Å². The van der Waals surface area contributed by atoms with Crippen LogP contribution in [0.3, 0.4) is 0 Å². The van der Waals surface area contributed by atoms with Gasteiger partial charge in [-0.25, -0.2) is 9.89 Å². The highest BCUT2D eigenvalue weighted by Crippen LogP contribution is 2.30. The van der Waals surface area contributed by atoms with E-state index in [1.165, 1.54) is 23.4 Å². The monoisotopic (exact) mass is 396 g/mol. The smallest absolute Gasteiger partial charge is 0.343 e. The molecule has 1 aromatic heterocycles. The molecule has 0 aliphatic rings. The Hall–Kier alpha value is -2.46. The lowest BCUT2D eigenvalue weighted by atomic mass is 10.2. The molecule has 0 bridgehead atoms. The maximum atomic E-state index is 12.5. The van der Waals surface area contributed by atoms with Crippen molar-refractivity contribution in [1.82, 2.24) is 14.8 Å². The normalized spacial score (nSPS) is 11.9. The van der Waals surface area contributed by atoms with Crippen LogP contribution in [-0.4, -0.2) is 53.9 Å². The van der Waals surface area contributed by atoms with E-state index >= 15 is 0 Å². The average molecular weight is 396 g/mol. The highest BCUT2D eigenvalue weighted by Gasteiger charge is 2.19.